The van der Waals surface area contributed by atoms with E-state index in [0.29, 0.717) is 13.1 Å². The predicted molar refractivity (Wildman–Crippen MR) is 97.6 cm³/mol. The van der Waals surface area contributed by atoms with Gasteiger partial charge >= 0.3 is 6.03 Å². The highest BCUT2D eigenvalue weighted by atomic mass is 16.5. The van der Waals surface area contributed by atoms with Gasteiger partial charge in [0, 0.05) is 18.5 Å². The van der Waals surface area contributed by atoms with Gasteiger partial charge < -0.3 is 9.64 Å². The summed E-state index contributed by atoms with van der Waals surface area (Å²) in [6.07, 6.45) is 0. The zero-order valence-corrected chi connectivity index (χ0v) is 14.3. The van der Waals surface area contributed by atoms with Crippen LogP contribution in [0, 0.1) is 0 Å². The van der Waals surface area contributed by atoms with E-state index in [2.05, 4.69) is 6.07 Å². The molecule has 0 N–H and O–H groups in total. The average molecular weight is 322 g/mol. The lowest BCUT2D eigenvalue weighted by Crippen LogP contribution is -2.34. The van der Waals surface area contributed by atoms with Crippen molar-refractivity contribution in [3.63, 3.8) is 0 Å². The van der Waals surface area contributed by atoms with E-state index in [1.165, 1.54) is 0 Å². The quantitative estimate of drug-likeness (QED) is 0.702. The number of amides is 1. The van der Waals surface area contributed by atoms with Crippen LogP contribution in [0.15, 0.2) is 54.6 Å². The molecule has 1 heterocycles. The smallest absolute Gasteiger partial charge is 0.329 e. The summed E-state index contributed by atoms with van der Waals surface area (Å²) in [6.45, 7) is 5.37. The Kier molecular flexibility index (Phi) is 4.56. The fourth-order valence-electron chi connectivity index (χ4n) is 2.97. The van der Waals surface area contributed by atoms with Crippen molar-refractivity contribution < 1.29 is 9.53 Å². The maximum atomic E-state index is 13.1. The standard InChI is InChI=1S/C20H22N2O2/c1-4-21(5-2)20(23)22-18-9-7-6-8-16(18)14-19(22)15-10-12-17(24-3)13-11-15/h6-14H,4-5H2,1-3H3. The van der Waals surface area contributed by atoms with Gasteiger partial charge in [0.05, 0.1) is 18.3 Å². The summed E-state index contributed by atoms with van der Waals surface area (Å²) in [5.41, 5.74) is 2.82. The molecule has 0 atom stereocenters. The number of fused-ring (bicyclic) bond motifs is 1. The van der Waals surface area contributed by atoms with E-state index < -0.39 is 0 Å². The first-order valence-corrected chi connectivity index (χ1v) is 8.23. The number of nitrogens with zero attached hydrogens (tertiary/aromatic N) is 2. The number of methoxy groups -OCH3 is 1. The van der Waals surface area contributed by atoms with Gasteiger partial charge in [-0.1, -0.05) is 18.2 Å². The van der Waals surface area contributed by atoms with Gasteiger partial charge in [0.25, 0.3) is 0 Å². The molecule has 0 aliphatic rings. The van der Waals surface area contributed by atoms with Crippen molar-refractivity contribution in [2.75, 3.05) is 20.2 Å². The van der Waals surface area contributed by atoms with Crippen LogP contribution in [0.4, 0.5) is 4.79 Å². The Morgan fingerprint density at radius 1 is 1.04 bits per heavy atom. The molecular weight excluding hydrogens is 300 g/mol. The van der Waals surface area contributed by atoms with Crippen LogP contribution in [0.1, 0.15) is 13.8 Å². The van der Waals surface area contributed by atoms with Gasteiger partial charge in [0.2, 0.25) is 0 Å². The van der Waals surface area contributed by atoms with Crippen molar-refractivity contribution in [1.82, 2.24) is 9.47 Å². The predicted octanol–water partition coefficient (Wildman–Crippen LogP) is 4.63. The number of carbonyl (C=O) groups is 1. The molecule has 0 unspecified atom stereocenters. The van der Waals surface area contributed by atoms with Crippen molar-refractivity contribution in [3.8, 4) is 17.0 Å². The van der Waals surface area contributed by atoms with E-state index in [9.17, 15) is 4.79 Å². The normalized spacial score (nSPS) is 10.8. The minimum atomic E-state index is 0.00650. The topological polar surface area (TPSA) is 34.5 Å². The molecule has 0 fully saturated rings. The molecule has 0 aliphatic carbocycles. The first kappa shape index (κ1) is 16.1. The molecule has 124 valence electrons. The molecule has 0 saturated carbocycles. The van der Waals surface area contributed by atoms with Crippen molar-refractivity contribution in [1.29, 1.82) is 0 Å². The average Bonchev–Trinajstić information content (AvgIpc) is 3.02. The molecule has 0 bridgehead atoms. The summed E-state index contributed by atoms with van der Waals surface area (Å²) in [5.74, 6) is 0.802. The molecule has 3 aromatic rings. The van der Waals surface area contributed by atoms with E-state index in [1.54, 1.807) is 7.11 Å². The molecule has 2 aromatic carbocycles. The number of hydrogen-bond donors (Lipinski definition) is 0. The number of aromatic nitrogens is 1. The molecule has 1 amide bonds. The van der Waals surface area contributed by atoms with Gasteiger partial charge in [-0.15, -0.1) is 0 Å². The zero-order chi connectivity index (χ0) is 17.1. The molecule has 3 rings (SSSR count). The SMILES string of the molecule is CCN(CC)C(=O)n1c(-c2ccc(OC)cc2)cc2ccccc21. The van der Waals surface area contributed by atoms with Crippen LogP contribution in [0.25, 0.3) is 22.2 Å². The lowest BCUT2D eigenvalue weighted by Gasteiger charge is -2.21. The summed E-state index contributed by atoms with van der Waals surface area (Å²) >= 11 is 0. The van der Waals surface area contributed by atoms with Gasteiger partial charge in [-0.2, -0.15) is 0 Å². The Bertz CT molecular complexity index is 846. The Morgan fingerprint density at radius 3 is 2.33 bits per heavy atom. The zero-order valence-electron chi connectivity index (χ0n) is 14.3. The van der Waals surface area contributed by atoms with Gasteiger partial charge in [-0.3, -0.25) is 4.57 Å². The molecule has 24 heavy (non-hydrogen) atoms. The second kappa shape index (κ2) is 6.79. The number of rotatable bonds is 4. The van der Waals surface area contributed by atoms with Crippen molar-refractivity contribution >= 4 is 16.9 Å². The fourth-order valence-corrected chi connectivity index (χ4v) is 2.97. The van der Waals surface area contributed by atoms with Gasteiger partial charge in [0.1, 0.15) is 5.75 Å². The molecule has 1 aromatic heterocycles. The molecule has 0 aliphatic heterocycles. The van der Waals surface area contributed by atoms with Crippen LogP contribution in [0.5, 0.6) is 5.75 Å². The fraction of sp³-hybridized carbons (Fsp3) is 0.250. The molecular formula is C20H22N2O2. The van der Waals surface area contributed by atoms with E-state index in [-0.39, 0.29) is 6.03 Å². The third kappa shape index (κ3) is 2.75. The maximum absolute atomic E-state index is 13.1. The maximum Gasteiger partial charge on any atom is 0.329 e. The lowest BCUT2D eigenvalue weighted by atomic mass is 10.1. The molecule has 4 nitrogen and oxygen atoms in total. The Balaban J connectivity index is 2.19. The molecule has 4 heteroatoms. The highest BCUT2D eigenvalue weighted by Crippen LogP contribution is 2.30. The van der Waals surface area contributed by atoms with Crippen LogP contribution < -0.4 is 4.74 Å². The van der Waals surface area contributed by atoms with E-state index in [0.717, 1.165) is 27.9 Å². The largest absolute Gasteiger partial charge is 0.497 e. The molecule has 0 saturated heterocycles. The molecule has 0 radical (unpaired) electrons. The first-order valence-electron chi connectivity index (χ1n) is 8.23. The van der Waals surface area contributed by atoms with Crippen molar-refractivity contribution in [2.45, 2.75) is 13.8 Å². The van der Waals surface area contributed by atoms with Gasteiger partial charge in [-0.25, -0.2) is 4.79 Å². The number of ether oxygens (including phenoxy) is 1. The van der Waals surface area contributed by atoms with Crippen molar-refractivity contribution in [2.24, 2.45) is 0 Å². The van der Waals surface area contributed by atoms with E-state index in [1.807, 2.05) is 71.8 Å². The second-order valence-electron chi connectivity index (χ2n) is 5.61. The minimum absolute atomic E-state index is 0.00650. The van der Waals surface area contributed by atoms with Crippen LogP contribution in [-0.4, -0.2) is 35.7 Å². The van der Waals surface area contributed by atoms with Gasteiger partial charge in [-0.05, 0) is 55.8 Å². The summed E-state index contributed by atoms with van der Waals surface area (Å²) in [4.78, 5) is 14.9. The van der Waals surface area contributed by atoms with Gasteiger partial charge in [0.15, 0.2) is 0 Å². The highest BCUT2D eigenvalue weighted by molar-refractivity contribution is 5.97. The monoisotopic (exact) mass is 322 g/mol. The third-order valence-electron chi connectivity index (χ3n) is 4.32. The van der Waals surface area contributed by atoms with E-state index >= 15 is 0 Å². The number of hydrogen-bond acceptors (Lipinski definition) is 2. The van der Waals surface area contributed by atoms with E-state index in [4.69, 9.17) is 4.74 Å². The number of carbonyl (C=O) groups excluding carboxylic acids is 1. The summed E-state index contributed by atoms with van der Waals surface area (Å²) in [7, 11) is 1.65. The third-order valence-corrected chi connectivity index (χ3v) is 4.32. The summed E-state index contributed by atoms with van der Waals surface area (Å²) < 4.78 is 7.04. The Hall–Kier alpha value is -2.75. The number of benzene rings is 2. The first-order chi connectivity index (χ1) is 11.7. The summed E-state index contributed by atoms with van der Waals surface area (Å²) in [5, 5.41) is 1.06. The Labute approximate surface area is 142 Å². The highest BCUT2D eigenvalue weighted by Gasteiger charge is 2.19. The van der Waals surface area contributed by atoms with Crippen molar-refractivity contribution in [3.05, 3.63) is 54.6 Å². The van der Waals surface area contributed by atoms with Crippen LogP contribution in [0.2, 0.25) is 0 Å². The van der Waals surface area contributed by atoms with Crippen LogP contribution in [0.3, 0.4) is 0 Å². The second-order valence-corrected chi connectivity index (χ2v) is 5.61. The van der Waals surface area contributed by atoms with Crippen LogP contribution in [-0.2, 0) is 0 Å². The van der Waals surface area contributed by atoms with Crippen LogP contribution >= 0.6 is 0 Å². The summed E-state index contributed by atoms with van der Waals surface area (Å²) in [6, 6.07) is 17.9. The number of para-hydroxylation sites is 1. The Morgan fingerprint density at radius 2 is 1.71 bits per heavy atom. The minimum Gasteiger partial charge on any atom is -0.497 e. The molecule has 0 spiro atoms. The lowest BCUT2D eigenvalue weighted by molar-refractivity contribution is 0.206.